The number of rotatable bonds is 2. The molecule has 0 aromatic heterocycles. The summed E-state index contributed by atoms with van der Waals surface area (Å²) in [6.45, 7) is 0. The Labute approximate surface area is 125 Å². The van der Waals surface area contributed by atoms with Gasteiger partial charge in [0.1, 0.15) is 0 Å². The summed E-state index contributed by atoms with van der Waals surface area (Å²) in [5.74, 6) is 1.08. The van der Waals surface area contributed by atoms with Crippen molar-refractivity contribution in [2.45, 2.75) is 55.5 Å². The Morgan fingerprint density at radius 3 is 2.35 bits per heavy atom. The number of piperidine rings is 1. The second-order valence-electron chi connectivity index (χ2n) is 6.56. The van der Waals surface area contributed by atoms with Crippen LogP contribution >= 0.6 is 11.6 Å². The fourth-order valence-corrected chi connectivity index (χ4v) is 4.61. The SMILES string of the molecule is O=C(C1CC1c1ccccc1)N1C2CCC1CC(Cl)C2. The molecule has 0 spiro atoms. The largest absolute Gasteiger partial charge is 0.336 e. The van der Waals surface area contributed by atoms with Gasteiger partial charge in [0, 0.05) is 23.4 Å². The van der Waals surface area contributed by atoms with Crippen LogP contribution in [0, 0.1) is 5.92 Å². The number of carbonyl (C=O) groups excluding carboxylic acids is 1. The lowest BCUT2D eigenvalue weighted by Crippen LogP contribution is -2.47. The van der Waals surface area contributed by atoms with Crippen LogP contribution in [0.1, 0.15) is 43.6 Å². The number of benzene rings is 1. The van der Waals surface area contributed by atoms with E-state index < -0.39 is 0 Å². The first kappa shape index (κ1) is 12.7. The molecule has 0 N–H and O–H groups in total. The van der Waals surface area contributed by atoms with Crippen LogP contribution in [-0.2, 0) is 4.79 Å². The van der Waals surface area contributed by atoms with Gasteiger partial charge in [0.05, 0.1) is 0 Å². The molecule has 4 unspecified atom stereocenters. The lowest BCUT2D eigenvalue weighted by Gasteiger charge is -2.37. The highest BCUT2D eigenvalue weighted by atomic mass is 35.5. The van der Waals surface area contributed by atoms with E-state index in [-0.39, 0.29) is 11.3 Å². The van der Waals surface area contributed by atoms with Crippen LogP contribution in [0.15, 0.2) is 30.3 Å². The Balaban J connectivity index is 1.47. The number of halogens is 1. The molecule has 1 aliphatic carbocycles. The molecule has 4 atom stereocenters. The molecule has 3 aliphatic rings. The van der Waals surface area contributed by atoms with E-state index in [0.29, 0.717) is 23.9 Å². The van der Waals surface area contributed by atoms with Gasteiger partial charge >= 0.3 is 0 Å². The molecule has 1 amide bonds. The van der Waals surface area contributed by atoms with Crippen LogP contribution in [0.25, 0.3) is 0 Å². The summed E-state index contributed by atoms with van der Waals surface area (Å²) < 4.78 is 0. The van der Waals surface area contributed by atoms with Crippen molar-refractivity contribution in [3.05, 3.63) is 35.9 Å². The number of fused-ring (bicyclic) bond motifs is 2. The maximum atomic E-state index is 12.8. The molecule has 0 radical (unpaired) electrons. The lowest BCUT2D eigenvalue weighted by molar-refractivity contribution is -0.136. The van der Waals surface area contributed by atoms with Crippen LogP contribution in [0.2, 0.25) is 0 Å². The summed E-state index contributed by atoms with van der Waals surface area (Å²) >= 11 is 6.30. The third-order valence-corrected chi connectivity index (χ3v) is 5.62. The van der Waals surface area contributed by atoms with Crippen molar-refractivity contribution in [2.75, 3.05) is 0 Å². The van der Waals surface area contributed by atoms with Gasteiger partial charge in [0.15, 0.2) is 0 Å². The molecule has 2 nitrogen and oxygen atoms in total. The Morgan fingerprint density at radius 2 is 1.70 bits per heavy atom. The highest BCUT2D eigenvalue weighted by Gasteiger charge is 2.51. The van der Waals surface area contributed by atoms with Gasteiger partial charge in [-0.2, -0.15) is 0 Å². The maximum absolute atomic E-state index is 12.8. The average molecular weight is 290 g/mol. The van der Waals surface area contributed by atoms with Gasteiger partial charge in [0.2, 0.25) is 5.91 Å². The van der Waals surface area contributed by atoms with Gasteiger partial charge in [-0.3, -0.25) is 4.79 Å². The van der Waals surface area contributed by atoms with Crippen molar-refractivity contribution in [1.29, 1.82) is 0 Å². The topological polar surface area (TPSA) is 20.3 Å². The van der Waals surface area contributed by atoms with Crippen molar-refractivity contribution in [3.8, 4) is 0 Å². The Kier molecular flexibility index (Phi) is 3.03. The maximum Gasteiger partial charge on any atom is 0.226 e. The molecular formula is C17H20ClNO. The molecule has 4 rings (SSSR count). The average Bonchev–Trinajstić information content (AvgIpc) is 3.20. The van der Waals surface area contributed by atoms with E-state index in [1.165, 1.54) is 5.56 Å². The van der Waals surface area contributed by atoms with Crippen molar-refractivity contribution in [1.82, 2.24) is 4.90 Å². The minimum atomic E-state index is 0.229. The molecule has 20 heavy (non-hydrogen) atoms. The van der Waals surface area contributed by atoms with Crippen LogP contribution in [-0.4, -0.2) is 28.3 Å². The molecule has 3 fully saturated rings. The van der Waals surface area contributed by atoms with E-state index in [0.717, 1.165) is 32.1 Å². The van der Waals surface area contributed by atoms with Gasteiger partial charge in [-0.05, 0) is 43.6 Å². The normalized spacial score (nSPS) is 38.9. The predicted molar refractivity (Wildman–Crippen MR) is 79.8 cm³/mol. The molecule has 3 heteroatoms. The fourth-order valence-electron chi connectivity index (χ4n) is 4.20. The van der Waals surface area contributed by atoms with Gasteiger partial charge < -0.3 is 4.90 Å². The van der Waals surface area contributed by atoms with Gasteiger partial charge in [0.25, 0.3) is 0 Å². The van der Waals surface area contributed by atoms with E-state index in [2.05, 4.69) is 29.2 Å². The molecule has 1 saturated carbocycles. The molecular weight excluding hydrogens is 270 g/mol. The highest BCUT2D eigenvalue weighted by molar-refractivity contribution is 6.20. The zero-order chi connectivity index (χ0) is 13.7. The zero-order valence-electron chi connectivity index (χ0n) is 11.5. The van der Waals surface area contributed by atoms with Crippen molar-refractivity contribution in [3.63, 3.8) is 0 Å². The van der Waals surface area contributed by atoms with Crippen molar-refractivity contribution < 1.29 is 4.79 Å². The van der Waals surface area contributed by atoms with E-state index in [4.69, 9.17) is 11.6 Å². The third kappa shape index (κ3) is 2.05. The number of nitrogens with zero attached hydrogens (tertiary/aromatic N) is 1. The number of hydrogen-bond acceptors (Lipinski definition) is 1. The summed E-state index contributed by atoms with van der Waals surface area (Å²) in [7, 11) is 0. The molecule has 1 aromatic carbocycles. The van der Waals surface area contributed by atoms with E-state index in [1.54, 1.807) is 0 Å². The first-order valence-electron chi connectivity index (χ1n) is 7.75. The first-order valence-corrected chi connectivity index (χ1v) is 8.19. The smallest absolute Gasteiger partial charge is 0.226 e. The Hall–Kier alpha value is -1.02. The number of hydrogen-bond donors (Lipinski definition) is 0. The summed E-state index contributed by atoms with van der Waals surface area (Å²) in [6.07, 6.45) is 5.33. The van der Waals surface area contributed by atoms with Crippen molar-refractivity contribution in [2.24, 2.45) is 5.92 Å². The zero-order valence-corrected chi connectivity index (χ0v) is 12.3. The predicted octanol–water partition coefficient (Wildman–Crippen LogP) is 3.55. The molecule has 106 valence electrons. The monoisotopic (exact) mass is 289 g/mol. The first-order chi connectivity index (χ1) is 9.74. The summed E-state index contributed by atoms with van der Waals surface area (Å²) in [5.41, 5.74) is 1.32. The minimum absolute atomic E-state index is 0.229. The summed E-state index contributed by atoms with van der Waals surface area (Å²) in [5, 5.41) is 0.278. The van der Waals surface area contributed by atoms with Crippen LogP contribution in [0.3, 0.4) is 0 Å². The lowest BCUT2D eigenvalue weighted by atomic mass is 10.0. The van der Waals surface area contributed by atoms with Crippen LogP contribution in [0.5, 0.6) is 0 Å². The molecule has 2 bridgehead atoms. The highest BCUT2D eigenvalue weighted by Crippen LogP contribution is 2.50. The Morgan fingerprint density at radius 1 is 1.05 bits per heavy atom. The summed E-state index contributed by atoms with van der Waals surface area (Å²) in [4.78, 5) is 15.0. The number of amides is 1. The van der Waals surface area contributed by atoms with Gasteiger partial charge in [-0.15, -0.1) is 11.6 Å². The fraction of sp³-hybridized carbons (Fsp3) is 0.588. The molecule has 2 saturated heterocycles. The van der Waals surface area contributed by atoms with E-state index >= 15 is 0 Å². The molecule has 2 heterocycles. The third-order valence-electron chi connectivity index (χ3n) is 5.27. The second-order valence-corrected chi connectivity index (χ2v) is 7.18. The molecule has 2 aliphatic heterocycles. The Bertz CT molecular complexity index is 503. The standard InChI is InChI=1S/C17H20ClNO/c18-12-8-13-6-7-14(9-12)19(13)17(20)16-10-15(16)11-4-2-1-3-5-11/h1-5,12-16H,6-10H2. The number of alkyl halides is 1. The van der Waals surface area contributed by atoms with Crippen molar-refractivity contribution >= 4 is 17.5 Å². The van der Waals surface area contributed by atoms with E-state index in [9.17, 15) is 4.79 Å². The number of carbonyl (C=O) groups is 1. The van der Waals surface area contributed by atoms with Gasteiger partial charge in [-0.1, -0.05) is 30.3 Å². The van der Waals surface area contributed by atoms with Crippen LogP contribution in [0.4, 0.5) is 0 Å². The quantitative estimate of drug-likeness (QED) is 0.763. The van der Waals surface area contributed by atoms with Crippen LogP contribution < -0.4 is 0 Å². The summed E-state index contributed by atoms with van der Waals surface area (Å²) in [6, 6.07) is 11.3. The molecule has 1 aromatic rings. The minimum Gasteiger partial charge on any atom is -0.336 e. The van der Waals surface area contributed by atoms with Gasteiger partial charge in [-0.25, -0.2) is 0 Å². The second kappa shape index (κ2) is 4.77. The van der Waals surface area contributed by atoms with E-state index in [1.807, 2.05) is 6.07 Å².